The lowest BCUT2D eigenvalue weighted by atomic mass is 9.94. The van der Waals surface area contributed by atoms with Crippen molar-refractivity contribution in [1.82, 2.24) is 0 Å². The second-order valence-corrected chi connectivity index (χ2v) is 15.6. The Hall–Kier alpha value is -1.66. The minimum Gasteiger partial charge on any atom is -0.481 e. The molecule has 3 atom stereocenters. The van der Waals surface area contributed by atoms with Gasteiger partial charge < -0.3 is 19.3 Å². The van der Waals surface area contributed by atoms with Crippen LogP contribution in [0.1, 0.15) is 219 Å². The van der Waals surface area contributed by atoms with Gasteiger partial charge in [-0.3, -0.25) is 9.59 Å². The fourth-order valence-electron chi connectivity index (χ4n) is 7.15. The minimum atomic E-state index is -0.641. The first kappa shape index (κ1) is 48.4. The number of aliphatic carboxylic acids is 1. The summed E-state index contributed by atoms with van der Waals surface area (Å²) in [7, 11) is 0. The van der Waals surface area contributed by atoms with Gasteiger partial charge in [-0.15, -0.1) is 0 Å². The van der Waals surface area contributed by atoms with Gasteiger partial charge in [-0.05, 0) is 96.3 Å². The number of carbonyl (C=O) groups is 2. The number of unbranched alkanes of at least 4 members (excludes halogenated alkanes) is 21. The molecular formula is C46H84O6. The highest BCUT2D eigenvalue weighted by molar-refractivity contribution is 5.70. The van der Waals surface area contributed by atoms with E-state index in [1.165, 1.54) is 135 Å². The van der Waals surface area contributed by atoms with Crippen LogP contribution in [-0.4, -0.2) is 49.1 Å². The van der Waals surface area contributed by atoms with E-state index in [-0.39, 0.29) is 24.1 Å². The third-order valence-electron chi connectivity index (χ3n) is 10.6. The highest BCUT2D eigenvalue weighted by Gasteiger charge is 2.25. The molecule has 2 aliphatic heterocycles. The maximum atomic E-state index is 11.6. The molecule has 0 bridgehead atoms. The fraction of sp³-hybridized carbons (Fsp3) is 0.870. The Bertz CT molecular complexity index is 840. The van der Waals surface area contributed by atoms with Gasteiger partial charge in [0.15, 0.2) is 0 Å². The maximum absolute atomic E-state index is 11.6. The summed E-state index contributed by atoms with van der Waals surface area (Å²) in [6.07, 6.45) is 47.9. The van der Waals surface area contributed by atoms with Crippen LogP contribution in [0.4, 0.5) is 0 Å². The van der Waals surface area contributed by atoms with Crippen molar-refractivity contribution < 1.29 is 28.9 Å². The van der Waals surface area contributed by atoms with Crippen LogP contribution in [-0.2, 0) is 23.8 Å². The summed E-state index contributed by atoms with van der Waals surface area (Å²) < 4.78 is 16.3. The summed E-state index contributed by atoms with van der Waals surface area (Å²) in [5.41, 5.74) is 0. The van der Waals surface area contributed by atoms with Crippen LogP contribution in [0.25, 0.3) is 0 Å². The number of allylic oxidation sites excluding steroid dienone is 4. The predicted octanol–water partition coefficient (Wildman–Crippen LogP) is 13.6. The first-order valence-corrected chi connectivity index (χ1v) is 22.5. The van der Waals surface area contributed by atoms with E-state index in [1.807, 2.05) is 0 Å². The second kappa shape index (κ2) is 37.6. The first-order valence-electron chi connectivity index (χ1n) is 22.5. The Morgan fingerprint density at radius 2 is 1.02 bits per heavy atom. The average Bonchev–Trinajstić information content (AvgIpc) is 3.87. The van der Waals surface area contributed by atoms with Gasteiger partial charge in [0.25, 0.3) is 0 Å². The predicted molar refractivity (Wildman–Crippen MR) is 219 cm³/mol. The van der Waals surface area contributed by atoms with Crippen LogP contribution >= 0.6 is 0 Å². The summed E-state index contributed by atoms with van der Waals surface area (Å²) in [5.74, 6) is -0.911. The highest BCUT2D eigenvalue weighted by atomic mass is 16.6. The molecule has 0 radical (unpaired) electrons. The molecule has 0 spiro atoms. The largest absolute Gasteiger partial charge is 0.481 e. The number of carboxylic acids is 1. The SMILES string of the molecule is CCCCCCCC/C=C\CCCCCCC(CC1CCCO1)C(=O)O.CCCCCCCC/C=C\CCCCCCCC(=O)OCC1CCCO1. The van der Waals surface area contributed by atoms with Crippen molar-refractivity contribution in [3.63, 3.8) is 0 Å². The van der Waals surface area contributed by atoms with E-state index in [0.29, 0.717) is 19.4 Å². The molecule has 2 rings (SSSR count). The number of hydrogen-bond acceptors (Lipinski definition) is 5. The molecule has 52 heavy (non-hydrogen) atoms. The van der Waals surface area contributed by atoms with E-state index in [1.54, 1.807) is 0 Å². The van der Waals surface area contributed by atoms with Crippen molar-refractivity contribution in [3.8, 4) is 0 Å². The molecule has 3 unspecified atom stereocenters. The Balaban J connectivity index is 0.000000520. The van der Waals surface area contributed by atoms with Crippen LogP contribution in [0, 0.1) is 5.92 Å². The fourth-order valence-corrected chi connectivity index (χ4v) is 7.15. The normalized spacial score (nSPS) is 17.9. The zero-order valence-electron chi connectivity index (χ0n) is 34.3. The Morgan fingerprint density at radius 1 is 0.596 bits per heavy atom. The molecule has 0 amide bonds. The van der Waals surface area contributed by atoms with Crippen LogP contribution in [0.15, 0.2) is 24.3 Å². The third-order valence-corrected chi connectivity index (χ3v) is 10.6. The lowest BCUT2D eigenvalue weighted by molar-refractivity contribution is -0.147. The molecule has 304 valence electrons. The molecule has 0 aromatic carbocycles. The summed E-state index contributed by atoms with van der Waals surface area (Å²) >= 11 is 0. The number of carboxylic acid groups (broad SMARTS) is 1. The average molecular weight is 733 g/mol. The van der Waals surface area contributed by atoms with Crippen molar-refractivity contribution in [2.24, 2.45) is 5.92 Å². The highest BCUT2D eigenvalue weighted by Crippen LogP contribution is 2.24. The summed E-state index contributed by atoms with van der Waals surface area (Å²) in [5, 5.41) is 9.37. The Morgan fingerprint density at radius 3 is 1.46 bits per heavy atom. The van der Waals surface area contributed by atoms with E-state index in [9.17, 15) is 14.7 Å². The van der Waals surface area contributed by atoms with Gasteiger partial charge in [0.2, 0.25) is 0 Å². The lowest BCUT2D eigenvalue weighted by Crippen LogP contribution is -2.20. The van der Waals surface area contributed by atoms with Gasteiger partial charge in [0.1, 0.15) is 6.61 Å². The third kappa shape index (κ3) is 31.8. The van der Waals surface area contributed by atoms with Gasteiger partial charge in [0.05, 0.1) is 18.1 Å². The van der Waals surface area contributed by atoms with Gasteiger partial charge >= 0.3 is 11.9 Å². The van der Waals surface area contributed by atoms with Gasteiger partial charge in [0, 0.05) is 19.6 Å². The number of hydrogen-bond donors (Lipinski definition) is 1. The van der Waals surface area contributed by atoms with Crippen molar-refractivity contribution in [2.45, 2.75) is 232 Å². The van der Waals surface area contributed by atoms with Crippen molar-refractivity contribution in [1.29, 1.82) is 0 Å². The molecular weight excluding hydrogens is 649 g/mol. The molecule has 2 heterocycles. The standard InChI is InChI=1S/2C23H42O3/c1-2-3-4-5-6-7-8-9-10-11-12-13-14-15-17-21(23(24)25)20-22-18-16-19-26-22;1-2-3-4-5-6-7-8-9-10-11-12-13-14-15-16-19-23(24)26-21-22-18-17-20-25-22/h9-10,21-22H,2-8,11-20H2,1H3,(H,24,25);9-10,22H,2-8,11-21H2,1H3/b2*10-9-. The van der Waals surface area contributed by atoms with E-state index in [2.05, 4.69) is 38.2 Å². The number of carbonyl (C=O) groups excluding carboxylic acids is 1. The summed E-state index contributed by atoms with van der Waals surface area (Å²) in [6, 6.07) is 0. The molecule has 2 fully saturated rings. The van der Waals surface area contributed by atoms with Crippen molar-refractivity contribution in [2.75, 3.05) is 19.8 Å². The van der Waals surface area contributed by atoms with E-state index in [0.717, 1.165) is 71.0 Å². The summed E-state index contributed by atoms with van der Waals surface area (Å²) in [4.78, 5) is 23.0. The number of ether oxygens (including phenoxy) is 3. The van der Waals surface area contributed by atoms with E-state index < -0.39 is 5.97 Å². The summed E-state index contributed by atoms with van der Waals surface area (Å²) in [6.45, 7) is 6.60. The molecule has 0 aromatic heterocycles. The van der Waals surface area contributed by atoms with Crippen LogP contribution in [0.5, 0.6) is 0 Å². The van der Waals surface area contributed by atoms with Crippen molar-refractivity contribution >= 4 is 11.9 Å². The molecule has 2 saturated heterocycles. The van der Waals surface area contributed by atoms with Gasteiger partial charge in [-0.25, -0.2) is 0 Å². The van der Waals surface area contributed by atoms with Gasteiger partial charge in [-0.1, -0.05) is 141 Å². The molecule has 6 nitrogen and oxygen atoms in total. The van der Waals surface area contributed by atoms with Crippen LogP contribution in [0.3, 0.4) is 0 Å². The lowest BCUT2D eigenvalue weighted by Gasteiger charge is -2.16. The smallest absolute Gasteiger partial charge is 0.306 e. The zero-order valence-corrected chi connectivity index (χ0v) is 34.3. The maximum Gasteiger partial charge on any atom is 0.306 e. The number of esters is 1. The zero-order chi connectivity index (χ0) is 37.6. The van der Waals surface area contributed by atoms with E-state index in [4.69, 9.17) is 14.2 Å². The molecule has 1 N–H and O–H groups in total. The van der Waals surface area contributed by atoms with E-state index >= 15 is 0 Å². The first-order chi connectivity index (χ1) is 25.6. The molecule has 6 heteroatoms. The molecule has 0 aromatic rings. The van der Waals surface area contributed by atoms with Crippen LogP contribution < -0.4 is 0 Å². The molecule has 2 aliphatic rings. The Kier molecular flexibility index (Phi) is 35.0. The monoisotopic (exact) mass is 733 g/mol. The minimum absolute atomic E-state index is 0.0573. The topological polar surface area (TPSA) is 82.1 Å². The Labute approximate surface area is 321 Å². The van der Waals surface area contributed by atoms with Crippen LogP contribution in [0.2, 0.25) is 0 Å². The molecule has 0 saturated carbocycles. The second-order valence-electron chi connectivity index (χ2n) is 15.6. The quantitative estimate of drug-likeness (QED) is 0.0403. The number of rotatable bonds is 34. The molecule has 0 aliphatic carbocycles. The van der Waals surface area contributed by atoms with Crippen molar-refractivity contribution in [3.05, 3.63) is 24.3 Å². The van der Waals surface area contributed by atoms with Gasteiger partial charge in [-0.2, -0.15) is 0 Å².